The molecule has 0 aliphatic rings. The highest BCUT2D eigenvalue weighted by Gasteiger charge is 1.98. The zero-order chi connectivity index (χ0) is 12.3. The van der Waals surface area contributed by atoms with Gasteiger partial charge in [-0.1, -0.05) is 25.8 Å². The standard InChI is InChI=1S/C15H26N2/c1-3-4-6-12-17(2)13-7-5-9-15-10-8-11-16-14-15/h8,10-11,14H,3-7,9,12-13H2,1-2H3. The highest BCUT2D eigenvalue weighted by molar-refractivity contribution is 5.08. The number of unbranched alkanes of at least 4 members (excludes halogenated alkanes) is 3. The lowest BCUT2D eigenvalue weighted by Gasteiger charge is -2.15. The fourth-order valence-corrected chi connectivity index (χ4v) is 2.00. The Kier molecular flexibility index (Phi) is 7.65. The molecule has 2 nitrogen and oxygen atoms in total. The van der Waals surface area contributed by atoms with Gasteiger partial charge in [-0.05, 0) is 57.5 Å². The molecule has 0 N–H and O–H groups in total. The first-order valence-corrected chi connectivity index (χ1v) is 6.90. The summed E-state index contributed by atoms with van der Waals surface area (Å²) in [5, 5.41) is 0. The zero-order valence-electron chi connectivity index (χ0n) is 11.4. The molecule has 0 radical (unpaired) electrons. The van der Waals surface area contributed by atoms with Gasteiger partial charge < -0.3 is 4.90 Å². The van der Waals surface area contributed by atoms with Crippen molar-refractivity contribution >= 4 is 0 Å². The number of aromatic nitrogens is 1. The molecule has 1 aromatic rings. The molecule has 0 saturated carbocycles. The van der Waals surface area contributed by atoms with Crippen molar-refractivity contribution in [2.24, 2.45) is 0 Å². The Balaban J connectivity index is 2.00. The van der Waals surface area contributed by atoms with E-state index in [9.17, 15) is 0 Å². The summed E-state index contributed by atoms with van der Waals surface area (Å²) in [5.74, 6) is 0. The molecule has 1 aromatic heterocycles. The Morgan fingerprint density at radius 2 is 1.88 bits per heavy atom. The van der Waals surface area contributed by atoms with Crippen molar-refractivity contribution in [1.29, 1.82) is 0 Å². The summed E-state index contributed by atoms with van der Waals surface area (Å²) in [6.45, 7) is 4.73. The monoisotopic (exact) mass is 234 g/mol. The number of pyridine rings is 1. The van der Waals surface area contributed by atoms with Crippen LogP contribution in [0.15, 0.2) is 24.5 Å². The second-order valence-electron chi connectivity index (χ2n) is 4.83. The van der Waals surface area contributed by atoms with Crippen molar-refractivity contribution < 1.29 is 0 Å². The molecule has 1 rings (SSSR count). The maximum Gasteiger partial charge on any atom is 0.0299 e. The van der Waals surface area contributed by atoms with Crippen LogP contribution in [0.5, 0.6) is 0 Å². The zero-order valence-corrected chi connectivity index (χ0v) is 11.4. The summed E-state index contributed by atoms with van der Waals surface area (Å²) in [7, 11) is 2.24. The van der Waals surface area contributed by atoms with Gasteiger partial charge in [0.2, 0.25) is 0 Å². The molecule has 2 heteroatoms. The quantitative estimate of drug-likeness (QED) is 0.608. The van der Waals surface area contributed by atoms with Gasteiger partial charge in [-0.25, -0.2) is 0 Å². The maximum absolute atomic E-state index is 4.14. The lowest BCUT2D eigenvalue weighted by molar-refractivity contribution is 0.318. The van der Waals surface area contributed by atoms with Crippen LogP contribution in [0.3, 0.4) is 0 Å². The minimum Gasteiger partial charge on any atom is -0.306 e. The van der Waals surface area contributed by atoms with E-state index in [-0.39, 0.29) is 0 Å². The third-order valence-corrected chi connectivity index (χ3v) is 3.12. The van der Waals surface area contributed by atoms with E-state index >= 15 is 0 Å². The molecule has 0 unspecified atom stereocenters. The predicted molar refractivity (Wildman–Crippen MR) is 74.2 cm³/mol. The average Bonchev–Trinajstić information content (AvgIpc) is 2.36. The molecule has 0 spiro atoms. The van der Waals surface area contributed by atoms with Gasteiger partial charge in [-0.3, -0.25) is 4.98 Å². The van der Waals surface area contributed by atoms with Crippen LogP contribution in [-0.4, -0.2) is 30.0 Å². The van der Waals surface area contributed by atoms with E-state index < -0.39 is 0 Å². The molecule has 1 heterocycles. The van der Waals surface area contributed by atoms with E-state index in [2.05, 4.69) is 29.9 Å². The van der Waals surface area contributed by atoms with Crippen LogP contribution in [0.1, 0.15) is 44.6 Å². The summed E-state index contributed by atoms with van der Waals surface area (Å²) in [6, 6.07) is 4.18. The van der Waals surface area contributed by atoms with Crippen molar-refractivity contribution in [3.63, 3.8) is 0 Å². The van der Waals surface area contributed by atoms with Crippen LogP contribution in [0.2, 0.25) is 0 Å². The molecule has 96 valence electrons. The first kappa shape index (κ1) is 14.2. The molecule has 0 bridgehead atoms. The van der Waals surface area contributed by atoms with Crippen molar-refractivity contribution in [3.05, 3.63) is 30.1 Å². The third-order valence-electron chi connectivity index (χ3n) is 3.12. The third kappa shape index (κ3) is 7.11. The van der Waals surface area contributed by atoms with Crippen molar-refractivity contribution in [3.8, 4) is 0 Å². The van der Waals surface area contributed by atoms with Crippen LogP contribution in [0.25, 0.3) is 0 Å². The van der Waals surface area contributed by atoms with Gasteiger partial charge in [-0.2, -0.15) is 0 Å². The van der Waals surface area contributed by atoms with Gasteiger partial charge >= 0.3 is 0 Å². The molecule has 0 fully saturated rings. The van der Waals surface area contributed by atoms with Gasteiger partial charge in [0.25, 0.3) is 0 Å². The smallest absolute Gasteiger partial charge is 0.0299 e. The largest absolute Gasteiger partial charge is 0.306 e. The molecule has 0 saturated heterocycles. The van der Waals surface area contributed by atoms with Crippen LogP contribution in [-0.2, 0) is 6.42 Å². The fraction of sp³-hybridized carbons (Fsp3) is 0.667. The summed E-state index contributed by atoms with van der Waals surface area (Å²) in [4.78, 5) is 6.60. The normalized spacial score (nSPS) is 11.0. The number of hydrogen-bond donors (Lipinski definition) is 0. The second-order valence-corrected chi connectivity index (χ2v) is 4.83. The number of aryl methyl sites for hydroxylation is 1. The van der Waals surface area contributed by atoms with E-state index in [1.807, 2.05) is 18.5 Å². The molecule has 0 aromatic carbocycles. The Morgan fingerprint density at radius 3 is 2.53 bits per heavy atom. The topological polar surface area (TPSA) is 16.1 Å². The predicted octanol–water partition coefficient (Wildman–Crippen LogP) is 3.53. The molecule has 0 amide bonds. The van der Waals surface area contributed by atoms with Gasteiger partial charge in [0.1, 0.15) is 0 Å². The van der Waals surface area contributed by atoms with Crippen LogP contribution in [0, 0.1) is 0 Å². The number of hydrogen-bond acceptors (Lipinski definition) is 2. The Morgan fingerprint density at radius 1 is 1.12 bits per heavy atom. The van der Waals surface area contributed by atoms with Crippen LogP contribution >= 0.6 is 0 Å². The summed E-state index contributed by atoms with van der Waals surface area (Å²) >= 11 is 0. The van der Waals surface area contributed by atoms with Gasteiger partial charge in [0.05, 0.1) is 0 Å². The SMILES string of the molecule is CCCCCN(C)CCCCc1cccnc1. The Labute approximate surface area is 106 Å². The minimum absolute atomic E-state index is 1.16. The first-order chi connectivity index (χ1) is 8.33. The molecular weight excluding hydrogens is 208 g/mol. The van der Waals surface area contributed by atoms with E-state index in [0.29, 0.717) is 0 Å². The van der Waals surface area contributed by atoms with E-state index in [4.69, 9.17) is 0 Å². The maximum atomic E-state index is 4.14. The first-order valence-electron chi connectivity index (χ1n) is 6.90. The number of nitrogens with zero attached hydrogens (tertiary/aromatic N) is 2. The summed E-state index contributed by atoms with van der Waals surface area (Å²) in [5.41, 5.74) is 1.36. The van der Waals surface area contributed by atoms with Gasteiger partial charge in [0, 0.05) is 12.4 Å². The minimum atomic E-state index is 1.16. The number of rotatable bonds is 9. The highest BCUT2D eigenvalue weighted by Crippen LogP contribution is 2.04. The van der Waals surface area contributed by atoms with Crippen LogP contribution < -0.4 is 0 Å². The van der Waals surface area contributed by atoms with Crippen molar-refractivity contribution in [2.45, 2.75) is 45.4 Å². The molecule has 0 atom stereocenters. The molecular formula is C15H26N2. The molecule has 0 aliphatic carbocycles. The van der Waals surface area contributed by atoms with Gasteiger partial charge in [-0.15, -0.1) is 0 Å². The van der Waals surface area contributed by atoms with E-state index in [1.165, 1.54) is 50.8 Å². The molecule has 0 aliphatic heterocycles. The second kappa shape index (κ2) is 9.17. The van der Waals surface area contributed by atoms with Crippen molar-refractivity contribution in [2.75, 3.05) is 20.1 Å². The summed E-state index contributed by atoms with van der Waals surface area (Å²) < 4.78 is 0. The Bertz CT molecular complexity index is 272. The van der Waals surface area contributed by atoms with Crippen LogP contribution in [0.4, 0.5) is 0 Å². The lowest BCUT2D eigenvalue weighted by Crippen LogP contribution is -2.20. The van der Waals surface area contributed by atoms with Crippen molar-refractivity contribution in [1.82, 2.24) is 9.88 Å². The van der Waals surface area contributed by atoms with Gasteiger partial charge in [0.15, 0.2) is 0 Å². The molecule has 17 heavy (non-hydrogen) atoms. The Hall–Kier alpha value is -0.890. The highest BCUT2D eigenvalue weighted by atomic mass is 15.1. The fourth-order valence-electron chi connectivity index (χ4n) is 2.00. The van der Waals surface area contributed by atoms with E-state index in [1.54, 1.807) is 0 Å². The summed E-state index contributed by atoms with van der Waals surface area (Å²) in [6.07, 6.45) is 11.6. The lowest BCUT2D eigenvalue weighted by atomic mass is 10.1. The average molecular weight is 234 g/mol. The van der Waals surface area contributed by atoms with E-state index in [0.717, 1.165) is 6.42 Å².